The molecule has 0 fully saturated rings. The third kappa shape index (κ3) is 13.0. The van der Waals surface area contributed by atoms with Crippen LogP contribution >= 0.6 is 0 Å². The minimum atomic E-state index is 1.11. The average Bonchev–Trinajstić information content (AvgIpc) is 1.31. The highest BCUT2D eigenvalue weighted by Gasteiger charge is 2.22. The maximum atomic E-state index is 2.42. The first-order chi connectivity index (χ1) is 61.5. The highest BCUT2D eigenvalue weighted by atomic mass is 15.1. The van der Waals surface area contributed by atoms with Crippen molar-refractivity contribution in [2.75, 3.05) is 9.80 Å². The van der Waals surface area contributed by atoms with Gasteiger partial charge in [0.1, 0.15) is 0 Å². The van der Waals surface area contributed by atoms with Gasteiger partial charge >= 0.3 is 0 Å². The first-order valence-electron chi connectivity index (χ1n) is 42.7. The third-order valence-corrected chi connectivity index (χ3v) is 25.1. The molecule has 0 bridgehead atoms. The van der Waals surface area contributed by atoms with Gasteiger partial charge in [-0.05, 0) is 283 Å². The van der Waals surface area contributed by atoms with Gasteiger partial charge in [-0.2, -0.15) is 0 Å². The molecule has 0 radical (unpaired) electrons. The van der Waals surface area contributed by atoms with Crippen molar-refractivity contribution in [1.82, 2.24) is 9.13 Å². The van der Waals surface area contributed by atoms with Gasteiger partial charge in [-0.1, -0.05) is 334 Å². The number of hydrogen-bond donors (Lipinski definition) is 0. The zero-order valence-electron chi connectivity index (χ0n) is 68.0. The summed E-state index contributed by atoms with van der Waals surface area (Å²) in [5, 5.41) is 20.5. The zero-order valence-corrected chi connectivity index (χ0v) is 68.0. The maximum absolute atomic E-state index is 2.42. The SMILES string of the molecule is c1ccc(-c2ccc(N(c3ccccc3)c3ccc(-c4ccc5c(c4)c4ccccc4n5-c4ccc(-c5ccc6c7ccccc7c7ccccc7c6c5)cc4)cc3)cc2)cc1.c1ccc(-c2ccc3c(c2)c2cc(-c4ccc(N(c5ccccc5)c5ccccc5)cc4)ccc2n3-c2ccc(-c3ccc4c5ccccc5c5ccccc5c4c3)cc2)cc1. The molecule has 0 aliphatic rings. The van der Waals surface area contributed by atoms with Crippen molar-refractivity contribution in [2.24, 2.45) is 0 Å². The lowest BCUT2D eigenvalue weighted by atomic mass is 9.92. The van der Waals surface area contributed by atoms with Crippen LogP contribution in [0.1, 0.15) is 0 Å². The summed E-state index contributed by atoms with van der Waals surface area (Å²) in [7, 11) is 0. The molecule has 4 heteroatoms. The van der Waals surface area contributed by atoms with E-state index in [-0.39, 0.29) is 0 Å². The van der Waals surface area contributed by atoms with Crippen LogP contribution in [0.3, 0.4) is 0 Å². The molecule has 24 aromatic rings. The minimum absolute atomic E-state index is 1.11. The van der Waals surface area contributed by atoms with Gasteiger partial charge in [0.05, 0.1) is 22.1 Å². The Labute approximate surface area is 719 Å². The highest BCUT2D eigenvalue weighted by Crippen LogP contribution is 2.46. The van der Waals surface area contributed by atoms with Crippen molar-refractivity contribution >= 4 is 142 Å². The molecule has 0 amide bonds. The number of aromatic nitrogens is 2. The molecular weight excluding hydrogens is 1500 g/mol. The Morgan fingerprint density at radius 1 is 0.113 bits per heavy atom. The van der Waals surface area contributed by atoms with Gasteiger partial charge in [-0.15, -0.1) is 0 Å². The largest absolute Gasteiger partial charge is 0.311 e. The van der Waals surface area contributed by atoms with Gasteiger partial charge < -0.3 is 18.9 Å². The van der Waals surface area contributed by atoms with Gasteiger partial charge in [0, 0.05) is 67.0 Å². The Hall–Kier alpha value is -16.4. The molecule has 22 aromatic carbocycles. The first-order valence-corrected chi connectivity index (χ1v) is 42.7. The van der Waals surface area contributed by atoms with Crippen molar-refractivity contribution in [3.8, 4) is 78.1 Å². The molecule has 2 aromatic heterocycles. The third-order valence-electron chi connectivity index (χ3n) is 25.1. The Balaban J connectivity index is 0.000000143. The summed E-state index contributed by atoms with van der Waals surface area (Å²) >= 11 is 0. The number of benzene rings is 22. The van der Waals surface area contributed by atoms with Crippen LogP contribution in [-0.2, 0) is 0 Å². The minimum Gasteiger partial charge on any atom is -0.311 e. The van der Waals surface area contributed by atoms with Crippen molar-refractivity contribution in [3.05, 3.63) is 485 Å². The van der Waals surface area contributed by atoms with Crippen molar-refractivity contribution in [1.29, 1.82) is 0 Å². The van der Waals surface area contributed by atoms with E-state index in [0.717, 1.165) is 45.5 Å². The molecule has 0 aliphatic heterocycles. The van der Waals surface area contributed by atoms with Gasteiger partial charge in [-0.25, -0.2) is 0 Å². The van der Waals surface area contributed by atoms with Crippen LogP contribution in [0.25, 0.3) is 186 Å². The summed E-state index contributed by atoms with van der Waals surface area (Å²) in [5.74, 6) is 0. The molecule has 2 heterocycles. The standard InChI is InChI=1S/2C60H40N2/c1-4-14-41(15-5-1)45-29-36-59-57(39-45)58-40-46(43-24-31-49(32-25-43)61(47-16-6-2-7-17-47)48-18-8-3-9-19-48)30-37-60(58)62(59)50-33-26-42(27-34-50)44-28-35-55-53-22-11-10-20-51(53)52-21-12-13-23-54(52)56(55)38-44;1-3-13-41(14-4-1)42-23-31-48(32-24-42)61(47-15-5-2-6-16-47)49-33-25-44(26-34-49)46-30-38-60-58(40-46)56-21-11-12-22-59(56)62(60)50-35-27-43(28-36-50)45-29-37-55-53-19-8-7-17-51(53)52-18-9-10-20-54(52)57(55)39-45/h2*1-40H. The Bertz CT molecular complexity index is 8040. The molecule has 24 rings (SSSR count). The second kappa shape index (κ2) is 31.1. The van der Waals surface area contributed by atoms with Crippen LogP contribution in [0.2, 0.25) is 0 Å². The summed E-state index contributed by atoms with van der Waals surface area (Å²) in [6.45, 7) is 0. The Kier molecular flexibility index (Phi) is 18.2. The maximum Gasteiger partial charge on any atom is 0.0541 e. The number of rotatable bonds is 14. The number of anilines is 6. The molecule has 0 N–H and O–H groups in total. The summed E-state index contributed by atoms with van der Waals surface area (Å²) in [6, 6.07) is 177. The Morgan fingerprint density at radius 3 is 0.613 bits per heavy atom. The number of nitrogens with zero attached hydrogens (tertiary/aromatic N) is 4. The second-order valence-electron chi connectivity index (χ2n) is 32.2. The fourth-order valence-electron chi connectivity index (χ4n) is 19.2. The van der Waals surface area contributed by atoms with Crippen molar-refractivity contribution in [2.45, 2.75) is 0 Å². The number of hydrogen-bond acceptors (Lipinski definition) is 2. The lowest BCUT2D eigenvalue weighted by Crippen LogP contribution is -2.09. The fourth-order valence-corrected chi connectivity index (χ4v) is 19.2. The van der Waals surface area contributed by atoms with Crippen LogP contribution in [0, 0.1) is 0 Å². The molecule has 0 atom stereocenters. The van der Waals surface area contributed by atoms with Crippen LogP contribution < -0.4 is 9.80 Å². The average molecular weight is 1580 g/mol. The fraction of sp³-hybridized carbons (Fsp3) is 0. The van der Waals surface area contributed by atoms with Crippen LogP contribution in [0.5, 0.6) is 0 Å². The smallest absolute Gasteiger partial charge is 0.0541 e. The van der Waals surface area contributed by atoms with E-state index >= 15 is 0 Å². The predicted octanol–water partition coefficient (Wildman–Crippen LogP) is 33.4. The van der Waals surface area contributed by atoms with E-state index in [1.165, 1.54) is 175 Å². The molecule has 580 valence electrons. The highest BCUT2D eigenvalue weighted by molar-refractivity contribution is 6.27. The van der Waals surface area contributed by atoms with E-state index in [4.69, 9.17) is 0 Å². The van der Waals surface area contributed by atoms with Gasteiger partial charge in [0.2, 0.25) is 0 Å². The van der Waals surface area contributed by atoms with Gasteiger partial charge in [0.15, 0.2) is 0 Å². The van der Waals surface area contributed by atoms with E-state index in [0.29, 0.717) is 0 Å². The summed E-state index contributed by atoms with van der Waals surface area (Å²) in [6.07, 6.45) is 0. The van der Waals surface area contributed by atoms with Gasteiger partial charge in [-0.3, -0.25) is 0 Å². The molecule has 0 saturated heterocycles. The molecule has 0 spiro atoms. The molecule has 0 unspecified atom stereocenters. The summed E-state index contributed by atoms with van der Waals surface area (Å²) in [5.41, 5.74) is 28.2. The quantitative estimate of drug-likeness (QED) is 0.101. The second-order valence-corrected chi connectivity index (χ2v) is 32.2. The Morgan fingerprint density at radius 2 is 0.298 bits per heavy atom. The van der Waals surface area contributed by atoms with Crippen LogP contribution in [0.4, 0.5) is 34.1 Å². The normalized spacial score (nSPS) is 11.5. The predicted molar refractivity (Wildman–Crippen MR) is 529 cm³/mol. The van der Waals surface area contributed by atoms with E-state index in [1.807, 2.05) is 0 Å². The number of fused-ring (bicyclic) bond motifs is 18. The monoisotopic (exact) mass is 1580 g/mol. The van der Waals surface area contributed by atoms with E-state index in [1.54, 1.807) is 0 Å². The van der Waals surface area contributed by atoms with Crippen molar-refractivity contribution in [3.63, 3.8) is 0 Å². The molecule has 124 heavy (non-hydrogen) atoms. The van der Waals surface area contributed by atoms with Gasteiger partial charge in [0.25, 0.3) is 0 Å². The zero-order chi connectivity index (χ0) is 82.0. The molecule has 0 aliphatic carbocycles. The lowest BCUT2D eigenvalue weighted by Gasteiger charge is -2.26. The van der Waals surface area contributed by atoms with Crippen LogP contribution in [-0.4, -0.2) is 9.13 Å². The molecule has 4 nitrogen and oxygen atoms in total. The van der Waals surface area contributed by atoms with E-state index < -0.39 is 0 Å². The van der Waals surface area contributed by atoms with E-state index in [2.05, 4.69) is 504 Å². The topological polar surface area (TPSA) is 16.3 Å². The summed E-state index contributed by atoms with van der Waals surface area (Å²) in [4.78, 5) is 4.63. The van der Waals surface area contributed by atoms with Crippen molar-refractivity contribution < 1.29 is 0 Å². The van der Waals surface area contributed by atoms with Crippen LogP contribution in [0.15, 0.2) is 485 Å². The van der Waals surface area contributed by atoms with E-state index in [9.17, 15) is 0 Å². The number of para-hydroxylation sites is 4. The molecular formula is C120H80N4. The first kappa shape index (κ1) is 72.8. The lowest BCUT2D eigenvalue weighted by molar-refractivity contribution is 1.18. The summed E-state index contributed by atoms with van der Waals surface area (Å²) < 4.78 is 4.83. The molecule has 0 saturated carbocycles.